The van der Waals surface area contributed by atoms with Crippen molar-refractivity contribution in [2.75, 3.05) is 31.1 Å². The molecule has 2 fully saturated rings. The Kier molecular flexibility index (Phi) is 6.82. The Bertz CT molecular complexity index is 1520. The number of alkyl halides is 2. The first-order valence-corrected chi connectivity index (χ1v) is 14.5. The van der Waals surface area contributed by atoms with Crippen LogP contribution in [-0.4, -0.2) is 70.9 Å². The minimum absolute atomic E-state index is 0.0726. The molecule has 15 heteroatoms. The Balaban J connectivity index is 1.55. The summed E-state index contributed by atoms with van der Waals surface area (Å²) in [4.78, 5) is 16.4. The van der Waals surface area contributed by atoms with Crippen molar-refractivity contribution >= 4 is 43.9 Å². The van der Waals surface area contributed by atoms with Crippen LogP contribution < -0.4 is 9.62 Å². The van der Waals surface area contributed by atoms with Crippen molar-refractivity contribution in [3.05, 3.63) is 23.3 Å². The number of aromatic nitrogens is 4. The normalized spacial score (nSPS) is 18.1. The lowest BCUT2D eigenvalue weighted by molar-refractivity contribution is -0.135. The van der Waals surface area contributed by atoms with E-state index in [1.54, 1.807) is 0 Å². The van der Waals surface area contributed by atoms with Gasteiger partial charge in [-0.1, -0.05) is 25.2 Å². The smallest absolute Gasteiger partial charge is 0.291 e. The highest BCUT2D eigenvalue weighted by atomic mass is 32.2. The molecule has 38 heavy (non-hydrogen) atoms. The number of piperazine rings is 1. The molecule has 1 aliphatic heterocycles. The van der Waals surface area contributed by atoms with E-state index in [4.69, 9.17) is 0 Å². The van der Waals surface area contributed by atoms with E-state index in [-0.39, 0.29) is 21.9 Å². The van der Waals surface area contributed by atoms with Crippen LogP contribution in [0.5, 0.6) is 0 Å². The summed E-state index contributed by atoms with van der Waals surface area (Å²) in [6.45, 7) is 5.74. The first-order chi connectivity index (χ1) is 18.1. The van der Waals surface area contributed by atoms with Crippen molar-refractivity contribution in [3.63, 3.8) is 0 Å². The summed E-state index contributed by atoms with van der Waals surface area (Å²) in [5, 5.41) is 21.3. The fourth-order valence-electron chi connectivity index (χ4n) is 4.38. The van der Waals surface area contributed by atoms with Crippen LogP contribution in [0.1, 0.15) is 44.5 Å². The lowest BCUT2D eigenvalue weighted by Gasteiger charge is -2.37. The van der Waals surface area contributed by atoms with Gasteiger partial charge in [0.15, 0.2) is 5.01 Å². The molecule has 0 bridgehead atoms. The van der Waals surface area contributed by atoms with Gasteiger partial charge in [-0.3, -0.25) is 4.79 Å². The van der Waals surface area contributed by atoms with Gasteiger partial charge in [0, 0.05) is 43.2 Å². The number of rotatable bonds is 8. The number of hydrogen-bond acceptors (Lipinski definition) is 9. The minimum Gasteiger partial charge on any atom is -0.367 e. The van der Waals surface area contributed by atoms with Crippen molar-refractivity contribution in [2.45, 2.75) is 50.0 Å². The highest BCUT2D eigenvalue weighted by Gasteiger charge is 2.47. The van der Waals surface area contributed by atoms with E-state index in [0.717, 1.165) is 6.42 Å². The van der Waals surface area contributed by atoms with Crippen molar-refractivity contribution in [3.8, 4) is 11.2 Å². The number of sulfonamides is 1. The van der Waals surface area contributed by atoms with E-state index in [0.29, 0.717) is 66.9 Å². The molecule has 2 aromatic heterocycles. The summed E-state index contributed by atoms with van der Waals surface area (Å²) in [7, 11) is -4.10. The van der Waals surface area contributed by atoms with Crippen molar-refractivity contribution in [2.24, 2.45) is 5.92 Å². The van der Waals surface area contributed by atoms with Gasteiger partial charge in [0.2, 0.25) is 21.1 Å². The molecular weight excluding hydrogens is 538 g/mol. The van der Waals surface area contributed by atoms with Crippen LogP contribution >= 0.6 is 11.3 Å². The molecule has 1 unspecified atom stereocenters. The highest BCUT2D eigenvalue weighted by Crippen LogP contribution is 2.38. The van der Waals surface area contributed by atoms with E-state index in [9.17, 15) is 27.3 Å². The zero-order chi connectivity index (χ0) is 27.2. The molecule has 1 amide bonds. The zero-order valence-corrected chi connectivity index (χ0v) is 22.4. The summed E-state index contributed by atoms with van der Waals surface area (Å²) in [6.07, 6.45) is 0.321. The van der Waals surface area contributed by atoms with Crippen LogP contribution in [0.25, 0.3) is 16.0 Å². The summed E-state index contributed by atoms with van der Waals surface area (Å²) < 4.78 is 56.8. The first-order valence-electron chi connectivity index (χ1n) is 12.2. The predicted molar refractivity (Wildman–Crippen MR) is 136 cm³/mol. The van der Waals surface area contributed by atoms with Crippen molar-refractivity contribution in [1.82, 2.24) is 29.6 Å². The van der Waals surface area contributed by atoms with Gasteiger partial charge >= 0.3 is 0 Å². The maximum atomic E-state index is 13.4. The molecule has 1 N–H and O–H groups in total. The van der Waals surface area contributed by atoms with Gasteiger partial charge in [-0.15, -0.1) is 10.2 Å². The number of amides is 1. The van der Waals surface area contributed by atoms with Crippen LogP contribution in [0.4, 0.5) is 14.5 Å². The third-order valence-corrected chi connectivity index (χ3v) is 9.43. The highest BCUT2D eigenvalue weighted by molar-refractivity contribution is 7.89. The van der Waals surface area contributed by atoms with Gasteiger partial charge in [-0.05, 0) is 31.4 Å². The number of benzene rings is 1. The van der Waals surface area contributed by atoms with Crippen LogP contribution in [0.3, 0.4) is 0 Å². The Morgan fingerprint density at radius 2 is 1.95 bits per heavy atom. The number of halogens is 2. The number of nitriles is 1. The Morgan fingerprint density at radius 1 is 1.24 bits per heavy atom. The molecule has 1 saturated heterocycles. The van der Waals surface area contributed by atoms with E-state index in [2.05, 4.69) is 20.0 Å². The zero-order valence-electron chi connectivity index (χ0n) is 20.8. The maximum Gasteiger partial charge on any atom is 0.291 e. The van der Waals surface area contributed by atoms with Crippen LogP contribution in [0.2, 0.25) is 0 Å². The van der Waals surface area contributed by atoms with Gasteiger partial charge in [0.05, 0.1) is 22.7 Å². The second-order valence-electron chi connectivity index (χ2n) is 9.58. The fraction of sp³-hybridized carbons (Fsp3) is 0.522. The second kappa shape index (κ2) is 9.83. The fourth-order valence-corrected chi connectivity index (χ4v) is 6.47. The predicted octanol–water partition coefficient (Wildman–Crippen LogP) is 2.84. The average molecular weight is 565 g/mol. The largest absolute Gasteiger partial charge is 0.367 e. The monoisotopic (exact) mass is 564 g/mol. The molecule has 0 spiro atoms. The molecule has 2 aliphatic rings. The Labute approximate surface area is 222 Å². The van der Waals surface area contributed by atoms with Gasteiger partial charge in [-0.2, -0.15) is 15.1 Å². The van der Waals surface area contributed by atoms with Crippen molar-refractivity contribution < 1.29 is 22.0 Å². The summed E-state index contributed by atoms with van der Waals surface area (Å²) in [5.74, 6) is 0.00827. The van der Waals surface area contributed by atoms with Crippen LogP contribution in [0, 0.1) is 17.2 Å². The van der Waals surface area contributed by atoms with Crippen LogP contribution in [0.15, 0.2) is 23.2 Å². The second-order valence-corrected chi connectivity index (χ2v) is 12.2. The average Bonchev–Trinajstić information content (AvgIpc) is 3.29. The Morgan fingerprint density at radius 3 is 2.53 bits per heavy atom. The molecule has 1 aliphatic carbocycles. The van der Waals surface area contributed by atoms with Crippen molar-refractivity contribution in [1.29, 1.82) is 5.26 Å². The molecular formula is C23H26F2N8O3S2. The standard InChI is InChI=1S/C23H26F2N8O3S2/c1-3-14(2)21(34)32-8-6-31(7-9-32)17-10-15(38(35,36)30-23(13-26)4-5-23)11-18-16(17)12-27-33(18)22-29-28-20(37-22)19(24)25/h10-12,14,19,30H,3-9H2,1-2H3. The first kappa shape index (κ1) is 26.4. The van der Waals surface area contributed by atoms with E-state index in [1.807, 2.05) is 29.7 Å². The lowest BCUT2D eigenvalue weighted by atomic mass is 10.1. The molecule has 1 saturated carbocycles. The quantitative estimate of drug-likeness (QED) is 0.441. The van der Waals surface area contributed by atoms with Gasteiger partial charge in [-0.25, -0.2) is 21.9 Å². The number of carbonyl (C=O) groups is 1. The third kappa shape index (κ3) is 4.83. The topological polar surface area (TPSA) is 137 Å². The number of nitrogens with one attached hydrogen (secondary N) is 1. The molecule has 3 heterocycles. The summed E-state index contributed by atoms with van der Waals surface area (Å²) >= 11 is 0.663. The van der Waals surface area contributed by atoms with Gasteiger partial charge < -0.3 is 9.80 Å². The molecule has 5 rings (SSSR count). The molecule has 3 aromatic rings. The van der Waals surface area contributed by atoms with E-state index >= 15 is 0 Å². The minimum atomic E-state index is -4.10. The van der Waals surface area contributed by atoms with E-state index in [1.165, 1.54) is 23.0 Å². The number of nitrogens with zero attached hydrogens (tertiary/aromatic N) is 7. The molecule has 11 nitrogen and oxygen atoms in total. The summed E-state index contributed by atoms with van der Waals surface area (Å²) in [6, 6.07) is 4.95. The number of anilines is 1. The van der Waals surface area contributed by atoms with Gasteiger partial charge in [0.25, 0.3) is 6.43 Å². The molecule has 202 valence electrons. The van der Waals surface area contributed by atoms with Gasteiger partial charge in [0.1, 0.15) is 5.54 Å². The lowest BCUT2D eigenvalue weighted by Crippen LogP contribution is -2.50. The molecule has 1 atom stereocenters. The number of hydrogen-bond donors (Lipinski definition) is 1. The SMILES string of the molecule is CCC(C)C(=O)N1CCN(c2cc(S(=O)(=O)NC3(C#N)CC3)cc3c2cnn3-c2nnc(C(F)F)s2)CC1. The molecule has 1 aromatic carbocycles. The number of carbonyl (C=O) groups excluding carboxylic acids is 1. The maximum absolute atomic E-state index is 13.4. The van der Waals surface area contributed by atoms with E-state index < -0.39 is 27.0 Å². The summed E-state index contributed by atoms with van der Waals surface area (Å²) in [5.41, 5.74) is -0.202. The number of fused-ring (bicyclic) bond motifs is 1. The Hall–Kier alpha value is -3.22. The molecule has 0 radical (unpaired) electrons. The third-order valence-electron chi connectivity index (χ3n) is 7.01. The van der Waals surface area contributed by atoms with Crippen LogP contribution in [-0.2, 0) is 14.8 Å².